The SMILES string of the molecule is CCCCCSC/C(C)=C/Cl. The summed E-state index contributed by atoms with van der Waals surface area (Å²) in [7, 11) is 0. The first-order valence-corrected chi connectivity index (χ1v) is 5.74. The third-order valence-corrected chi connectivity index (χ3v) is 3.02. The Labute approximate surface area is 79.4 Å². The van der Waals surface area contributed by atoms with Crippen LogP contribution in [-0.2, 0) is 0 Å². The summed E-state index contributed by atoms with van der Waals surface area (Å²) in [5.41, 5.74) is 2.94. The predicted molar refractivity (Wildman–Crippen MR) is 56.5 cm³/mol. The highest BCUT2D eigenvalue weighted by atomic mass is 35.5. The molecule has 0 saturated heterocycles. The van der Waals surface area contributed by atoms with E-state index in [-0.39, 0.29) is 0 Å². The van der Waals surface area contributed by atoms with Crippen molar-refractivity contribution in [2.45, 2.75) is 33.1 Å². The van der Waals surface area contributed by atoms with Crippen LogP contribution in [0.25, 0.3) is 0 Å². The first-order chi connectivity index (χ1) is 5.31. The van der Waals surface area contributed by atoms with Crippen LogP contribution >= 0.6 is 23.4 Å². The smallest absolute Gasteiger partial charge is 0.0152 e. The molecule has 0 aromatic carbocycles. The fraction of sp³-hybridized carbons (Fsp3) is 0.778. The minimum absolute atomic E-state index is 1.09. The van der Waals surface area contributed by atoms with Crippen molar-refractivity contribution in [1.29, 1.82) is 0 Å². The van der Waals surface area contributed by atoms with E-state index in [1.165, 1.54) is 30.6 Å². The van der Waals surface area contributed by atoms with Gasteiger partial charge in [0.2, 0.25) is 0 Å². The van der Waals surface area contributed by atoms with Crippen LogP contribution in [0, 0.1) is 0 Å². The highest BCUT2D eigenvalue weighted by Crippen LogP contribution is 2.10. The second kappa shape index (κ2) is 8.48. The molecule has 0 radical (unpaired) electrons. The summed E-state index contributed by atoms with van der Waals surface area (Å²) in [6.45, 7) is 4.30. The first kappa shape index (κ1) is 11.4. The zero-order valence-electron chi connectivity index (χ0n) is 7.40. The zero-order chi connectivity index (χ0) is 8.53. The average Bonchev–Trinajstić information content (AvgIpc) is 2.04. The van der Waals surface area contributed by atoms with E-state index in [2.05, 4.69) is 13.8 Å². The van der Waals surface area contributed by atoms with Gasteiger partial charge in [0.1, 0.15) is 0 Å². The minimum Gasteiger partial charge on any atom is -0.158 e. The molecule has 0 unspecified atom stereocenters. The van der Waals surface area contributed by atoms with Gasteiger partial charge in [0.05, 0.1) is 0 Å². The van der Waals surface area contributed by atoms with E-state index in [9.17, 15) is 0 Å². The van der Waals surface area contributed by atoms with E-state index in [1.807, 2.05) is 11.8 Å². The molecule has 2 heteroatoms. The van der Waals surface area contributed by atoms with Crippen LogP contribution in [-0.4, -0.2) is 11.5 Å². The van der Waals surface area contributed by atoms with Crippen LogP contribution in [0.1, 0.15) is 33.1 Å². The molecular weight excluding hydrogens is 176 g/mol. The summed E-state index contributed by atoms with van der Waals surface area (Å²) in [6.07, 6.45) is 4.01. The molecule has 0 heterocycles. The van der Waals surface area contributed by atoms with Crippen LogP contribution in [0.15, 0.2) is 11.1 Å². The van der Waals surface area contributed by atoms with Crippen molar-refractivity contribution in [2.24, 2.45) is 0 Å². The normalized spacial score (nSPS) is 12.1. The predicted octanol–water partition coefficient (Wildman–Crippen LogP) is 4.05. The molecule has 66 valence electrons. The molecule has 0 amide bonds. The second-order valence-corrected chi connectivity index (χ2v) is 4.04. The van der Waals surface area contributed by atoms with Gasteiger partial charge in [-0.3, -0.25) is 0 Å². The van der Waals surface area contributed by atoms with E-state index in [0.717, 1.165) is 5.75 Å². The Balaban J connectivity index is 3.02. The van der Waals surface area contributed by atoms with Gasteiger partial charge in [-0.15, -0.1) is 0 Å². The molecule has 0 atom stereocenters. The third kappa shape index (κ3) is 8.28. The molecule has 0 nitrogen and oxygen atoms in total. The number of rotatable bonds is 6. The lowest BCUT2D eigenvalue weighted by Gasteiger charge is -1.99. The quantitative estimate of drug-likeness (QED) is 0.573. The van der Waals surface area contributed by atoms with E-state index >= 15 is 0 Å². The van der Waals surface area contributed by atoms with Gasteiger partial charge in [0, 0.05) is 11.3 Å². The number of unbranched alkanes of at least 4 members (excludes halogenated alkanes) is 2. The third-order valence-electron chi connectivity index (χ3n) is 1.41. The van der Waals surface area contributed by atoms with Crippen LogP contribution in [0.5, 0.6) is 0 Å². The molecule has 0 rings (SSSR count). The molecular formula is C9H17ClS. The summed E-state index contributed by atoms with van der Waals surface area (Å²) >= 11 is 7.49. The standard InChI is InChI=1S/C9H17ClS/c1-3-4-5-6-11-8-9(2)7-10/h7H,3-6,8H2,1-2H3/b9-7+. The van der Waals surface area contributed by atoms with E-state index in [1.54, 1.807) is 5.54 Å². The van der Waals surface area contributed by atoms with Crippen molar-refractivity contribution in [2.75, 3.05) is 11.5 Å². The summed E-state index contributed by atoms with van der Waals surface area (Å²) in [5.74, 6) is 2.36. The molecule has 0 aliphatic rings. The van der Waals surface area contributed by atoms with Gasteiger partial charge in [0.15, 0.2) is 0 Å². The van der Waals surface area contributed by atoms with Gasteiger partial charge in [-0.25, -0.2) is 0 Å². The summed E-state index contributed by atoms with van der Waals surface area (Å²) in [4.78, 5) is 0. The Bertz CT molecular complexity index is 110. The Hall–Kier alpha value is 0.380. The lowest BCUT2D eigenvalue weighted by Crippen LogP contribution is -1.84. The van der Waals surface area contributed by atoms with Crippen molar-refractivity contribution >= 4 is 23.4 Å². The van der Waals surface area contributed by atoms with E-state index in [0.29, 0.717) is 0 Å². The maximum atomic E-state index is 5.52. The topological polar surface area (TPSA) is 0 Å². The highest BCUT2D eigenvalue weighted by Gasteiger charge is 1.90. The van der Waals surface area contributed by atoms with Gasteiger partial charge < -0.3 is 0 Å². The van der Waals surface area contributed by atoms with Crippen LogP contribution in [0.3, 0.4) is 0 Å². The molecule has 0 aromatic heterocycles. The maximum absolute atomic E-state index is 5.52. The van der Waals surface area contributed by atoms with Crippen molar-refractivity contribution in [3.8, 4) is 0 Å². The van der Waals surface area contributed by atoms with Gasteiger partial charge >= 0.3 is 0 Å². The molecule has 0 aliphatic carbocycles. The fourth-order valence-corrected chi connectivity index (χ4v) is 1.85. The lowest BCUT2D eigenvalue weighted by atomic mass is 10.3. The van der Waals surface area contributed by atoms with Gasteiger partial charge in [0.25, 0.3) is 0 Å². The zero-order valence-corrected chi connectivity index (χ0v) is 8.97. The Morgan fingerprint density at radius 3 is 2.73 bits per heavy atom. The molecule has 0 fully saturated rings. The molecule has 0 bridgehead atoms. The minimum atomic E-state index is 1.09. The Kier molecular flexibility index (Phi) is 8.77. The van der Waals surface area contributed by atoms with Crippen LogP contribution in [0.2, 0.25) is 0 Å². The Morgan fingerprint density at radius 2 is 2.18 bits per heavy atom. The highest BCUT2D eigenvalue weighted by molar-refractivity contribution is 7.99. The fourth-order valence-electron chi connectivity index (χ4n) is 0.719. The number of hydrogen-bond acceptors (Lipinski definition) is 1. The van der Waals surface area contributed by atoms with Crippen LogP contribution < -0.4 is 0 Å². The molecule has 0 aliphatic heterocycles. The average molecular weight is 193 g/mol. The van der Waals surface area contributed by atoms with Gasteiger partial charge in [-0.1, -0.05) is 36.9 Å². The van der Waals surface area contributed by atoms with Gasteiger partial charge in [-0.05, 0) is 19.1 Å². The largest absolute Gasteiger partial charge is 0.158 e. The number of thioether (sulfide) groups is 1. The molecule has 0 aromatic rings. The molecule has 0 saturated carbocycles. The van der Waals surface area contributed by atoms with Crippen LogP contribution in [0.4, 0.5) is 0 Å². The summed E-state index contributed by atoms with van der Waals surface area (Å²) in [6, 6.07) is 0. The maximum Gasteiger partial charge on any atom is 0.0152 e. The second-order valence-electron chi connectivity index (χ2n) is 2.72. The monoisotopic (exact) mass is 192 g/mol. The van der Waals surface area contributed by atoms with E-state index < -0.39 is 0 Å². The van der Waals surface area contributed by atoms with Crippen molar-refractivity contribution in [3.63, 3.8) is 0 Å². The van der Waals surface area contributed by atoms with Crippen molar-refractivity contribution in [1.82, 2.24) is 0 Å². The molecule has 0 N–H and O–H groups in total. The summed E-state index contributed by atoms with van der Waals surface area (Å²) < 4.78 is 0. The van der Waals surface area contributed by atoms with Crippen molar-refractivity contribution in [3.05, 3.63) is 11.1 Å². The number of halogens is 1. The molecule has 0 spiro atoms. The lowest BCUT2D eigenvalue weighted by molar-refractivity contribution is 0.779. The van der Waals surface area contributed by atoms with E-state index in [4.69, 9.17) is 11.6 Å². The molecule has 11 heavy (non-hydrogen) atoms. The Morgan fingerprint density at radius 1 is 1.45 bits per heavy atom. The summed E-state index contributed by atoms with van der Waals surface area (Å²) in [5, 5.41) is 0. The number of hydrogen-bond donors (Lipinski definition) is 0. The van der Waals surface area contributed by atoms with Crippen molar-refractivity contribution < 1.29 is 0 Å². The first-order valence-electron chi connectivity index (χ1n) is 4.14. The van der Waals surface area contributed by atoms with Gasteiger partial charge in [-0.2, -0.15) is 11.8 Å².